The van der Waals surface area contributed by atoms with Crippen LogP contribution in [-0.2, 0) is 0 Å². The van der Waals surface area contributed by atoms with Crippen LogP contribution in [0.15, 0.2) is 0 Å². The average molecular weight is 203 g/mol. The highest BCUT2D eigenvalue weighted by Crippen LogP contribution is 2.07. The quantitative estimate of drug-likeness (QED) is 0.488. The Labute approximate surface area is 72.5 Å². The van der Waals surface area contributed by atoms with Crippen LogP contribution in [0.2, 0.25) is 0 Å². The first-order valence-electron chi connectivity index (χ1n) is 3.83. The van der Waals surface area contributed by atoms with E-state index >= 15 is 0 Å². The predicted octanol–water partition coefficient (Wildman–Crippen LogP) is 3.21. The summed E-state index contributed by atoms with van der Waals surface area (Å²) in [5.74, 6) is 6.94. The minimum atomic E-state index is 0.813. The minimum Gasteiger partial charge on any atom is -0.102 e. The van der Waals surface area contributed by atoms with Gasteiger partial charge >= 0.3 is 0 Å². The van der Waals surface area contributed by atoms with Gasteiger partial charge in [0.1, 0.15) is 0 Å². The summed E-state index contributed by atoms with van der Waals surface area (Å²) in [6.07, 6.45) is 3.58. The molecule has 0 aromatic carbocycles. The smallest absolute Gasteiger partial charge is 0.0645 e. The second-order valence-electron chi connectivity index (χ2n) is 2.54. The van der Waals surface area contributed by atoms with Gasteiger partial charge in [-0.25, -0.2) is 0 Å². The van der Waals surface area contributed by atoms with Crippen LogP contribution in [0.25, 0.3) is 0 Å². The number of halogens is 1. The first kappa shape index (κ1) is 10.0. The van der Waals surface area contributed by atoms with E-state index in [4.69, 9.17) is 0 Å². The normalized spacial score (nSPS) is 11.9. The number of hydrogen-bond acceptors (Lipinski definition) is 0. The van der Waals surface area contributed by atoms with Crippen LogP contribution in [0.4, 0.5) is 0 Å². The lowest BCUT2D eigenvalue weighted by atomic mass is 10.0. The standard InChI is InChI=1S/C9H15Br/c1-3-9(2)7-5-4-6-8-10/h9H,3,5,7-8H2,1-2H3. The summed E-state index contributed by atoms with van der Waals surface area (Å²) in [5, 5.41) is 0.813. The molecule has 0 spiro atoms. The van der Waals surface area contributed by atoms with Gasteiger partial charge in [0.2, 0.25) is 0 Å². The van der Waals surface area contributed by atoms with Crippen LogP contribution < -0.4 is 0 Å². The van der Waals surface area contributed by atoms with E-state index in [0.717, 1.165) is 17.7 Å². The molecule has 0 heterocycles. The molecule has 0 aromatic rings. The van der Waals surface area contributed by atoms with E-state index in [1.54, 1.807) is 0 Å². The second kappa shape index (κ2) is 7.15. The maximum atomic E-state index is 3.26. The molecule has 0 radical (unpaired) electrons. The van der Waals surface area contributed by atoms with Crippen molar-refractivity contribution in [2.75, 3.05) is 5.33 Å². The third-order valence-corrected chi connectivity index (χ3v) is 1.93. The molecule has 0 N–H and O–H groups in total. The molecule has 10 heavy (non-hydrogen) atoms. The summed E-state index contributed by atoms with van der Waals surface area (Å²) in [5.41, 5.74) is 0. The summed E-state index contributed by atoms with van der Waals surface area (Å²) < 4.78 is 0. The lowest BCUT2D eigenvalue weighted by Crippen LogP contribution is -1.89. The summed E-state index contributed by atoms with van der Waals surface area (Å²) in [4.78, 5) is 0. The first-order chi connectivity index (χ1) is 4.81. The Morgan fingerprint density at radius 1 is 1.40 bits per heavy atom. The second-order valence-corrected chi connectivity index (χ2v) is 3.10. The molecule has 0 bridgehead atoms. The van der Waals surface area contributed by atoms with Gasteiger partial charge in [0.05, 0.1) is 5.33 Å². The van der Waals surface area contributed by atoms with Crippen molar-refractivity contribution in [2.45, 2.75) is 33.1 Å². The molecule has 1 atom stereocenters. The number of alkyl halides is 1. The first-order valence-corrected chi connectivity index (χ1v) is 4.95. The Morgan fingerprint density at radius 3 is 2.60 bits per heavy atom. The van der Waals surface area contributed by atoms with Gasteiger partial charge in [-0.15, -0.1) is 5.92 Å². The molecular formula is C9H15Br. The number of rotatable bonds is 3. The zero-order valence-corrected chi connectivity index (χ0v) is 8.37. The average Bonchev–Trinajstić information content (AvgIpc) is 1.98. The third-order valence-electron chi connectivity index (χ3n) is 1.65. The Bertz CT molecular complexity index is 118. The monoisotopic (exact) mass is 202 g/mol. The van der Waals surface area contributed by atoms with Gasteiger partial charge in [-0.2, -0.15) is 0 Å². The largest absolute Gasteiger partial charge is 0.102 e. The highest BCUT2D eigenvalue weighted by molar-refractivity contribution is 9.09. The predicted molar refractivity (Wildman–Crippen MR) is 50.3 cm³/mol. The molecule has 0 aliphatic rings. The Kier molecular flexibility index (Phi) is 7.18. The molecule has 1 unspecified atom stereocenters. The minimum absolute atomic E-state index is 0.813. The highest BCUT2D eigenvalue weighted by atomic mass is 79.9. The molecule has 0 aromatic heterocycles. The molecule has 0 fully saturated rings. The molecule has 58 valence electrons. The maximum Gasteiger partial charge on any atom is 0.0645 e. The molecular weight excluding hydrogens is 188 g/mol. The Hall–Kier alpha value is 0.0400. The van der Waals surface area contributed by atoms with Gasteiger partial charge in [-0.05, 0) is 12.3 Å². The van der Waals surface area contributed by atoms with Crippen molar-refractivity contribution in [3.05, 3.63) is 0 Å². The van der Waals surface area contributed by atoms with Gasteiger partial charge in [-0.1, -0.05) is 42.1 Å². The van der Waals surface area contributed by atoms with E-state index in [-0.39, 0.29) is 0 Å². The molecule has 0 saturated heterocycles. The summed E-state index contributed by atoms with van der Waals surface area (Å²) >= 11 is 3.26. The molecule has 0 saturated carbocycles. The zero-order chi connectivity index (χ0) is 7.82. The fourth-order valence-electron chi connectivity index (χ4n) is 0.658. The fraction of sp³-hybridized carbons (Fsp3) is 0.778. The van der Waals surface area contributed by atoms with Crippen LogP contribution in [0.3, 0.4) is 0 Å². The van der Waals surface area contributed by atoms with E-state index < -0.39 is 0 Å². The van der Waals surface area contributed by atoms with Gasteiger partial charge in [-0.3, -0.25) is 0 Å². The molecule has 1 heteroatoms. The lowest BCUT2D eigenvalue weighted by Gasteiger charge is -2.02. The Morgan fingerprint density at radius 2 is 2.10 bits per heavy atom. The van der Waals surface area contributed by atoms with Crippen LogP contribution in [0.5, 0.6) is 0 Å². The van der Waals surface area contributed by atoms with Crippen molar-refractivity contribution in [2.24, 2.45) is 5.92 Å². The zero-order valence-electron chi connectivity index (χ0n) is 6.78. The van der Waals surface area contributed by atoms with Crippen LogP contribution in [0, 0.1) is 17.8 Å². The van der Waals surface area contributed by atoms with Gasteiger partial charge in [0.25, 0.3) is 0 Å². The summed E-state index contributed by atoms with van der Waals surface area (Å²) in [6, 6.07) is 0. The van der Waals surface area contributed by atoms with E-state index in [1.165, 1.54) is 12.8 Å². The van der Waals surface area contributed by atoms with E-state index in [1.807, 2.05) is 0 Å². The van der Waals surface area contributed by atoms with Crippen molar-refractivity contribution < 1.29 is 0 Å². The summed E-state index contributed by atoms with van der Waals surface area (Å²) in [7, 11) is 0. The molecule has 0 amide bonds. The van der Waals surface area contributed by atoms with E-state index in [9.17, 15) is 0 Å². The Balaban J connectivity index is 3.18. The summed E-state index contributed by atoms with van der Waals surface area (Å²) in [6.45, 7) is 4.50. The van der Waals surface area contributed by atoms with E-state index in [2.05, 4.69) is 41.6 Å². The van der Waals surface area contributed by atoms with Crippen molar-refractivity contribution >= 4 is 15.9 Å². The van der Waals surface area contributed by atoms with Crippen LogP contribution in [0.1, 0.15) is 33.1 Å². The SMILES string of the molecule is CCC(C)CCC#CCBr. The van der Waals surface area contributed by atoms with Crippen LogP contribution in [-0.4, -0.2) is 5.33 Å². The fourth-order valence-corrected chi connectivity index (χ4v) is 0.857. The molecule has 0 rings (SSSR count). The molecule has 0 nitrogen and oxygen atoms in total. The lowest BCUT2D eigenvalue weighted by molar-refractivity contribution is 0.525. The van der Waals surface area contributed by atoms with Gasteiger partial charge in [0.15, 0.2) is 0 Å². The van der Waals surface area contributed by atoms with Crippen molar-refractivity contribution in [3.8, 4) is 11.8 Å². The van der Waals surface area contributed by atoms with Crippen LogP contribution >= 0.6 is 15.9 Å². The topological polar surface area (TPSA) is 0 Å². The van der Waals surface area contributed by atoms with Crippen molar-refractivity contribution in [1.29, 1.82) is 0 Å². The molecule has 0 aliphatic carbocycles. The van der Waals surface area contributed by atoms with Crippen molar-refractivity contribution in [1.82, 2.24) is 0 Å². The third kappa shape index (κ3) is 6.16. The van der Waals surface area contributed by atoms with Gasteiger partial charge < -0.3 is 0 Å². The van der Waals surface area contributed by atoms with Gasteiger partial charge in [0, 0.05) is 6.42 Å². The van der Waals surface area contributed by atoms with E-state index in [0.29, 0.717) is 0 Å². The number of hydrogen-bond donors (Lipinski definition) is 0. The van der Waals surface area contributed by atoms with Crippen molar-refractivity contribution in [3.63, 3.8) is 0 Å². The highest BCUT2D eigenvalue weighted by Gasteiger charge is 1.94. The maximum absolute atomic E-state index is 3.26. The molecule has 0 aliphatic heterocycles.